The molecule has 0 saturated carbocycles. The van der Waals surface area contributed by atoms with Gasteiger partial charge in [-0.3, -0.25) is 0 Å². The molecule has 0 aliphatic heterocycles. The lowest BCUT2D eigenvalue weighted by Gasteiger charge is -2.14. The van der Waals surface area contributed by atoms with E-state index in [2.05, 4.69) is 78.3 Å². The predicted octanol–water partition coefficient (Wildman–Crippen LogP) is 5.22. The fourth-order valence-corrected chi connectivity index (χ4v) is 3.43. The lowest BCUT2D eigenvalue weighted by Crippen LogP contribution is -1.97. The van der Waals surface area contributed by atoms with Gasteiger partial charge in [0.05, 0.1) is 0 Å². The molecule has 0 N–H and O–H groups in total. The van der Waals surface area contributed by atoms with Crippen LogP contribution in [-0.4, -0.2) is 0 Å². The zero-order valence-electron chi connectivity index (χ0n) is 10.6. The van der Waals surface area contributed by atoms with Gasteiger partial charge >= 0.3 is 0 Å². The van der Waals surface area contributed by atoms with E-state index >= 15 is 0 Å². The van der Waals surface area contributed by atoms with Gasteiger partial charge in [0, 0.05) is 10.4 Å². The summed E-state index contributed by atoms with van der Waals surface area (Å²) in [6, 6.07) is 13.3. The van der Waals surface area contributed by atoms with Crippen molar-refractivity contribution in [3.05, 3.63) is 74.8 Å². The average Bonchev–Trinajstić information content (AvgIpc) is 2.74. The summed E-state index contributed by atoms with van der Waals surface area (Å²) in [4.78, 5) is 0. The van der Waals surface area contributed by atoms with E-state index in [0.717, 1.165) is 0 Å². The van der Waals surface area contributed by atoms with E-state index in [4.69, 9.17) is 0 Å². The van der Waals surface area contributed by atoms with Gasteiger partial charge in [0.15, 0.2) is 0 Å². The van der Waals surface area contributed by atoms with E-state index in [1.807, 2.05) is 0 Å². The number of halogens is 1. The van der Waals surface area contributed by atoms with Gasteiger partial charge < -0.3 is 0 Å². The monoisotopic (exact) mass is 298 g/mol. The molecule has 90 valence electrons. The number of hydrogen-bond acceptors (Lipinski definition) is 0. The van der Waals surface area contributed by atoms with Gasteiger partial charge in [-0.2, -0.15) is 0 Å². The van der Waals surface area contributed by atoms with Crippen molar-refractivity contribution in [3.8, 4) is 0 Å². The Morgan fingerprint density at radius 2 is 1.67 bits per heavy atom. The second-order valence-corrected chi connectivity index (χ2v) is 5.85. The molecule has 18 heavy (non-hydrogen) atoms. The molecule has 1 atom stereocenters. The Kier molecular flexibility index (Phi) is 2.87. The molecule has 2 aromatic rings. The van der Waals surface area contributed by atoms with Crippen LogP contribution in [0.4, 0.5) is 0 Å². The van der Waals surface area contributed by atoms with Crippen molar-refractivity contribution in [1.82, 2.24) is 0 Å². The Bertz CT molecular complexity index is 621. The molecule has 0 radical (unpaired) electrons. The highest BCUT2D eigenvalue weighted by Crippen LogP contribution is 2.40. The molecule has 2 aromatic carbocycles. The molecule has 0 bridgehead atoms. The van der Waals surface area contributed by atoms with Crippen LogP contribution in [-0.2, 0) is 0 Å². The average molecular weight is 299 g/mol. The van der Waals surface area contributed by atoms with Crippen LogP contribution >= 0.6 is 15.9 Å². The number of allylic oxidation sites excluding steroid dienone is 1. The molecule has 0 aromatic heterocycles. The maximum Gasteiger partial charge on any atom is 0.0289 e. The fraction of sp³-hybridized carbons (Fsp3) is 0.176. The van der Waals surface area contributed by atoms with E-state index in [1.165, 1.54) is 32.3 Å². The van der Waals surface area contributed by atoms with Gasteiger partial charge in [-0.25, -0.2) is 0 Å². The maximum absolute atomic E-state index is 3.71. The zero-order valence-corrected chi connectivity index (χ0v) is 12.2. The third kappa shape index (κ3) is 1.93. The van der Waals surface area contributed by atoms with Crippen molar-refractivity contribution in [3.63, 3.8) is 0 Å². The topological polar surface area (TPSA) is 0 Å². The molecule has 0 fully saturated rings. The summed E-state index contributed by atoms with van der Waals surface area (Å²) >= 11 is 3.71. The number of rotatable bonds is 1. The largest absolute Gasteiger partial charge is 0.0720 e. The first-order valence-electron chi connectivity index (χ1n) is 6.20. The third-order valence-corrected chi connectivity index (χ3v) is 4.18. The lowest BCUT2D eigenvalue weighted by molar-refractivity contribution is 1.04. The lowest BCUT2D eigenvalue weighted by atomic mass is 9.92. The molecule has 3 rings (SSSR count). The van der Waals surface area contributed by atoms with Crippen LogP contribution in [0.25, 0.3) is 6.08 Å². The summed E-state index contributed by atoms with van der Waals surface area (Å²) in [5, 5.41) is 0. The van der Waals surface area contributed by atoms with Crippen LogP contribution in [0.3, 0.4) is 0 Å². The third-order valence-electron chi connectivity index (χ3n) is 3.52. The van der Waals surface area contributed by atoms with Crippen LogP contribution in [0, 0.1) is 13.8 Å². The molecule has 0 nitrogen and oxygen atoms in total. The summed E-state index contributed by atoms with van der Waals surface area (Å²) in [5.74, 6) is 0.385. The minimum atomic E-state index is 0.385. The highest BCUT2D eigenvalue weighted by atomic mass is 79.9. The Hall–Kier alpha value is -1.34. The van der Waals surface area contributed by atoms with Gasteiger partial charge in [-0.15, -0.1) is 0 Å². The van der Waals surface area contributed by atoms with Gasteiger partial charge in [0.25, 0.3) is 0 Å². The van der Waals surface area contributed by atoms with E-state index in [9.17, 15) is 0 Å². The SMILES string of the molecule is Cc1ccc(C2C=Cc3cc(C)cc(Br)c32)cc1. The van der Waals surface area contributed by atoms with Crippen LogP contribution < -0.4 is 0 Å². The quantitative estimate of drug-likeness (QED) is 0.677. The minimum absolute atomic E-state index is 0.385. The van der Waals surface area contributed by atoms with Crippen LogP contribution in [0.2, 0.25) is 0 Å². The van der Waals surface area contributed by atoms with Crippen molar-refractivity contribution >= 4 is 22.0 Å². The standard InChI is InChI=1S/C17H15Br/c1-11-3-5-13(6-4-11)15-8-7-14-9-12(2)10-16(18)17(14)15/h3-10,15H,1-2H3. The maximum atomic E-state index is 3.71. The number of fused-ring (bicyclic) bond motifs is 1. The Morgan fingerprint density at radius 3 is 2.39 bits per heavy atom. The first-order valence-corrected chi connectivity index (χ1v) is 6.99. The van der Waals surface area contributed by atoms with Crippen LogP contribution in [0.1, 0.15) is 33.7 Å². The Balaban J connectivity index is 2.10. The van der Waals surface area contributed by atoms with Gasteiger partial charge in [-0.1, -0.05) is 64.0 Å². The van der Waals surface area contributed by atoms with Crippen molar-refractivity contribution in [2.45, 2.75) is 19.8 Å². The van der Waals surface area contributed by atoms with E-state index < -0.39 is 0 Å². The smallest absolute Gasteiger partial charge is 0.0289 e. The normalized spacial score (nSPS) is 16.9. The molecule has 0 spiro atoms. The van der Waals surface area contributed by atoms with Gasteiger partial charge in [-0.05, 0) is 42.2 Å². The first kappa shape index (κ1) is 11.7. The van der Waals surface area contributed by atoms with Gasteiger partial charge in [0.2, 0.25) is 0 Å². The number of benzene rings is 2. The number of hydrogen-bond donors (Lipinski definition) is 0. The Morgan fingerprint density at radius 1 is 0.944 bits per heavy atom. The molecule has 0 amide bonds. The van der Waals surface area contributed by atoms with Crippen molar-refractivity contribution in [2.24, 2.45) is 0 Å². The highest BCUT2D eigenvalue weighted by molar-refractivity contribution is 9.10. The highest BCUT2D eigenvalue weighted by Gasteiger charge is 2.21. The molecule has 1 heteroatoms. The van der Waals surface area contributed by atoms with E-state index in [0.29, 0.717) is 5.92 Å². The number of aryl methyl sites for hydroxylation is 2. The zero-order chi connectivity index (χ0) is 12.7. The molecule has 0 heterocycles. The van der Waals surface area contributed by atoms with Crippen molar-refractivity contribution in [2.75, 3.05) is 0 Å². The Labute approximate surface area is 116 Å². The van der Waals surface area contributed by atoms with Crippen LogP contribution in [0.5, 0.6) is 0 Å². The molecule has 1 aliphatic rings. The molecule has 1 aliphatic carbocycles. The van der Waals surface area contributed by atoms with Gasteiger partial charge in [0.1, 0.15) is 0 Å². The predicted molar refractivity (Wildman–Crippen MR) is 80.9 cm³/mol. The van der Waals surface area contributed by atoms with E-state index in [-0.39, 0.29) is 0 Å². The van der Waals surface area contributed by atoms with Crippen molar-refractivity contribution < 1.29 is 0 Å². The molecule has 1 unspecified atom stereocenters. The van der Waals surface area contributed by atoms with Crippen molar-refractivity contribution in [1.29, 1.82) is 0 Å². The molecule has 0 saturated heterocycles. The van der Waals surface area contributed by atoms with Crippen LogP contribution in [0.15, 0.2) is 46.9 Å². The summed E-state index contributed by atoms with van der Waals surface area (Å²) in [5.41, 5.74) is 6.70. The first-order chi connectivity index (χ1) is 8.65. The molecular formula is C17H15Br. The molecular weight excluding hydrogens is 284 g/mol. The summed E-state index contributed by atoms with van der Waals surface area (Å²) < 4.78 is 1.22. The summed E-state index contributed by atoms with van der Waals surface area (Å²) in [6.45, 7) is 4.26. The fourth-order valence-electron chi connectivity index (χ4n) is 2.59. The minimum Gasteiger partial charge on any atom is -0.0720 e. The summed E-state index contributed by atoms with van der Waals surface area (Å²) in [7, 11) is 0. The van der Waals surface area contributed by atoms with E-state index in [1.54, 1.807) is 0 Å². The second kappa shape index (κ2) is 4.40. The second-order valence-electron chi connectivity index (χ2n) is 5.00. The summed E-state index contributed by atoms with van der Waals surface area (Å²) in [6.07, 6.45) is 4.52.